The van der Waals surface area contributed by atoms with E-state index in [-0.39, 0.29) is 24.4 Å². The zero-order chi connectivity index (χ0) is 27.3. The summed E-state index contributed by atoms with van der Waals surface area (Å²) < 4.78 is 43.4. The number of halogens is 4. The van der Waals surface area contributed by atoms with Crippen molar-refractivity contribution in [3.63, 3.8) is 0 Å². The molecule has 0 radical (unpaired) electrons. The fraction of sp³-hybridized carbons (Fsp3) is 0.429. The van der Waals surface area contributed by atoms with Gasteiger partial charge in [0.25, 0.3) is 0 Å². The number of anilines is 1. The van der Waals surface area contributed by atoms with E-state index in [0.717, 1.165) is 47.8 Å². The van der Waals surface area contributed by atoms with Gasteiger partial charge in [0.1, 0.15) is 6.10 Å². The maximum atomic E-state index is 12.9. The lowest BCUT2D eigenvalue weighted by Crippen LogP contribution is -2.35. The Morgan fingerprint density at radius 3 is 2.58 bits per heavy atom. The van der Waals surface area contributed by atoms with Crippen molar-refractivity contribution in [1.82, 2.24) is 10.3 Å². The fourth-order valence-electron chi connectivity index (χ4n) is 4.93. The van der Waals surface area contributed by atoms with Crippen molar-refractivity contribution >= 4 is 40.1 Å². The minimum atomic E-state index is -5.10. The Kier molecular flexibility index (Phi) is 8.99. The number of rotatable bonds is 9. The van der Waals surface area contributed by atoms with E-state index < -0.39 is 18.2 Å². The number of H-pyrrole nitrogens is 1. The molecule has 4 rings (SSSR count). The van der Waals surface area contributed by atoms with Gasteiger partial charge in [0.15, 0.2) is 0 Å². The Bertz CT molecular complexity index is 1270. The summed E-state index contributed by atoms with van der Waals surface area (Å²) in [6, 6.07) is 11.8. The molecule has 3 N–H and O–H groups in total. The number of aromatic amines is 1. The van der Waals surface area contributed by atoms with Crippen molar-refractivity contribution in [1.29, 1.82) is 0 Å². The summed E-state index contributed by atoms with van der Waals surface area (Å²) in [5.41, 5.74) is 2.90. The Hall–Kier alpha value is -3.04. The highest BCUT2D eigenvalue weighted by Crippen LogP contribution is 2.30. The summed E-state index contributed by atoms with van der Waals surface area (Å²) in [4.78, 5) is 27.6. The molecular formula is C28H31ClF3N3O3. The summed E-state index contributed by atoms with van der Waals surface area (Å²) >= 11 is 6.00. The normalized spacial score (nSPS) is 16.2. The third-order valence-corrected chi connectivity index (χ3v) is 7.15. The topological polar surface area (TPSA) is 83.2 Å². The zero-order valence-corrected chi connectivity index (χ0v) is 21.8. The predicted octanol–water partition coefficient (Wildman–Crippen LogP) is 6.71. The van der Waals surface area contributed by atoms with Crippen LogP contribution in [0.1, 0.15) is 56.3 Å². The number of hydrogen-bond donors (Lipinski definition) is 3. The zero-order valence-electron chi connectivity index (χ0n) is 21.0. The molecule has 2 aromatic carbocycles. The molecule has 1 fully saturated rings. The minimum Gasteiger partial charge on any atom is -0.449 e. The molecular weight excluding hydrogens is 519 g/mol. The van der Waals surface area contributed by atoms with Crippen molar-refractivity contribution in [3.05, 3.63) is 64.8 Å². The van der Waals surface area contributed by atoms with Crippen LogP contribution in [0.5, 0.6) is 0 Å². The lowest BCUT2D eigenvalue weighted by molar-refractivity contribution is -0.205. The molecule has 0 unspecified atom stereocenters. The van der Waals surface area contributed by atoms with E-state index in [4.69, 9.17) is 16.3 Å². The quantitative estimate of drug-likeness (QED) is 0.259. The average Bonchev–Trinajstić information content (AvgIpc) is 3.29. The van der Waals surface area contributed by atoms with Crippen LogP contribution in [0.3, 0.4) is 0 Å². The number of para-hydroxylation sites is 1. The van der Waals surface area contributed by atoms with Crippen LogP contribution >= 0.6 is 11.6 Å². The van der Waals surface area contributed by atoms with E-state index in [1.54, 1.807) is 18.2 Å². The number of esters is 1. The monoisotopic (exact) mass is 549 g/mol. The van der Waals surface area contributed by atoms with Crippen molar-refractivity contribution in [2.75, 3.05) is 11.9 Å². The number of carbonyl (C=O) groups is 2. The van der Waals surface area contributed by atoms with Crippen molar-refractivity contribution < 1.29 is 27.5 Å². The molecule has 0 aliphatic heterocycles. The van der Waals surface area contributed by atoms with Crippen LogP contribution in [-0.2, 0) is 20.7 Å². The molecule has 1 heterocycles. The first-order valence-electron chi connectivity index (χ1n) is 12.8. The molecule has 38 heavy (non-hydrogen) atoms. The molecule has 1 aliphatic carbocycles. The fourth-order valence-corrected chi connectivity index (χ4v) is 5.12. The number of ether oxygens (including phenoxy) is 1. The largest absolute Gasteiger partial charge is 0.490 e. The standard InChI is InChI=1S/C28H31ClF3N3O3/c1-17(33-16-24(38-27(37)28(30,31)32)19-9-5-10-21(29)14-19)13-20-15-34-25-22(20)11-6-12-23(25)35-26(36)18-7-3-2-4-8-18/h5-6,9-12,14-15,17-18,24,33-34H,2-4,7-8,13,16H2,1H3,(H,35,36)/t17-,24-/m1/s1. The van der Waals surface area contributed by atoms with Gasteiger partial charge in [-0.05, 0) is 55.5 Å². The number of nitrogens with one attached hydrogen (secondary N) is 3. The first-order valence-corrected chi connectivity index (χ1v) is 13.2. The molecule has 204 valence electrons. The van der Waals surface area contributed by atoms with E-state index in [0.29, 0.717) is 17.0 Å². The number of hydrogen-bond acceptors (Lipinski definition) is 4. The molecule has 1 saturated carbocycles. The lowest BCUT2D eigenvalue weighted by Gasteiger charge is -2.22. The lowest BCUT2D eigenvalue weighted by atomic mass is 9.88. The number of aromatic nitrogens is 1. The van der Waals surface area contributed by atoms with E-state index in [1.165, 1.54) is 12.5 Å². The van der Waals surface area contributed by atoms with Gasteiger partial charge in [-0.1, -0.05) is 55.1 Å². The van der Waals surface area contributed by atoms with Crippen LogP contribution < -0.4 is 10.6 Å². The molecule has 2 atom stereocenters. The summed E-state index contributed by atoms with van der Waals surface area (Å²) in [6.45, 7) is 1.86. The van der Waals surface area contributed by atoms with Crippen molar-refractivity contribution in [2.45, 2.75) is 63.8 Å². The maximum Gasteiger partial charge on any atom is 0.490 e. The van der Waals surface area contributed by atoms with Gasteiger partial charge in [-0.25, -0.2) is 4.79 Å². The first-order chi connectivity index (χ1) is 18.1. The Morgan fingerprint density at radius 2 is 1.87 bits per heavy atom. The Morgan fingerprint density at radius 1 is 1.13 bits per heavy atom. The third-order valence-electron chi connectivity index (χ3n) is 6.91. The molecule has 10 heteroatoms. The van der Waals surface area contributed by atoms with Gasteiger partial charge in [0.2, 0.25) is 5.91 Å². The molecule has 1 amide bonds. The minimum absolute atomic E-state index is 0.0334. The molecule has 1 aromatic heterocycles. The van der Waals surface area contributed by atoms with E-state index >= 15 is 0 Å². The third kappa shape index (κ3) is 7.08. The first kappa shape index (κ1) is 28.0. The highest BCUT2D eigenvalue weighted by molar-refractivity contribution is 6.30. The van der Waals surface area contributed by atoms with Crippen LogP contribution in [0.25, 0.3) is 10.9 Å². The average molecular weight is 550 g/mol. The summed E-state index contributed by atoms with van der Waals surface area (Å²) in [6.07, 6.45) is 1.31. The molecule has 0 bridgehead atoms. The molecule has 3 aromatic rings. The Balaban J connectivity index is 1.42. The molecule has 0 spiro atoms. The second-order valence-electron chi connectivity index (χ2n) is 9.83. The van der Waals surface area contributed by atoms with Gasteiger partial charge in [-0.15, -0.1) is 0 Å². The van der Waals surface area contributed by atoms with Gasteiger partial charge in [-0.3, -0.25) is 4.79 Å². The van der Waals surface area contributed by atoms with Gasteiger partial charge < -0.3 is 20.4 Å². The number of amides is 1. The second-order valence-corrected chi connectivity index (χ2v) is 10.3. The molecule has 1 aliphatic rings. The summed E-state index contributed by atoms with van der Waals surface area (Å²) in [5, 5.41) is 7.54. The molecule has 6 nitrogen and oxygen atoms in total. The van der Waals surface area contributed by atoms with Gasteiger partial charge in [0, 0.05) is 35.1 Å². The van der Waals surface area contributed by atoms with Crippen LogP contribution in [0.4, 0.5) is 18.9 Å². The number of carbonyl (C=O) groups excluding carboxylic acids is 2. The van der Waals surface area contributed by atoms with E-state index in [9.17, 15) is 22.8 Å². The van der Waals surface area contributed by atoms with Crippen LogP contribution in [0.15, 0.2) is 48.7 Å². The van der Waals surface area contributed by atoms with E-state index in [1.807, 2.05) is 31.3 Å². The van der Waals surface area contributed by atoms with Gasteiger partial charge in [-0.2, -0.15) is 13.2 Å². The number of fused-ring (bicyclic) bond motifs is 1. The summed E-state index contributed by atoms with van der Waals surface area (Å²) in [5.74, 6) is -2.17. The number of alkyl halides is 3. The second kappa shape index (κ2) is 12.2. The predicted molar refractivity (Wildman–Crippen MR) is 141 cm³/mol. The van der Waals surface area contributed by atoms with Crippen LogP contribution in [-0.4, -0.2) is 35.6 Å². The van der Waals surface area contributed by atoms with Gasteiger partial charge in [0.05, 0.1) is 11.2 Å². The van der Waals surface area contributed by atoms with Gasteiger partial charge >= 0.3 is 12.1 Å². The Labute approximate surface area is 224 Å². The highest BCUT2D eigenvalue weighted by atomic mass is 35.5. The van der Waals surface area contributed by atoms with Crippen molar-refractivity contribution in [2.24, 2.45) is 5.92 Å². The SMILES string of the molecule is C[C@H](Cc1c[nH]c2c(NC(=O)C3CCCCC3)cccc12)NC[C@@H](OC(=O)C(F)(F)F)c1cccc(Cl)c1. The maximum absolute atomic E-state index is 12.9. The van der Waals surface area contributed by atoms with Crippen molar-refractivity contribution in [3.8, 4) is 0 Å². The van der Waals surface area contributed by atoms with Crippen LogP contribution in [0, 0.1) is 5.92 Å². The van der Waals surface area contributed by atoms with Crippen LogP contribution in [0.2, 0.25) is 5.02 Å². The number of benzene rings is 2. The highest BCUT2D eigenvalue weighted by Gasteiger charge is 2.42. The molecule has 0 saturated heterocycles. The smallest absolute Gasteiger partial charge is 0.449 e. The van der Waals surface area contributed by atoms with E-state index in [2.05, 4.69) is 15.6 Å². The summed E-state index contributed by atoms with van der Waals surface area (Å²) in [7, 11) is 0.